The van der Waals surface area contributed by atoms with E-state index < -0.39 is 5.91 Å². The largest absolute Gasteiger partial charge is 0.497 e. The van der Waals surface area contributed by atoms with Crippen LogP contribution in [0.4, 0.5) is 5.69 Å². The Kier molecular flexibility index (Phi) is 6.43. The van der Waals surface area contributed by atoms with Crippen molar-refractivity contribution in [2.75, 3.05) is 19.5 Å². The van der Waals surface area contributed by atoms with E-state index in [-0.39, 0.29) is 11.4 Å². The van der Waals surface area contributed by atoms with Gasteiger partial charge in [0.2, 0.25) is 0 Å². The Balaban J connectivity index is 2.03. The Morgan fingerprint density at radius 3 is 1.90 bits per heavy atom. The zero-order chi connectivity index (χ0) is 20.6. The van der Waals surface area contributed by atoms with Crippen molar-refractivity contribution in [3.05, 3.63) is 95.6 Å². The molecule has 0 atom stereocenters. The number of ketones is 1. The maximum Gasteiger partial charge on any atom is 0.259 e. The fourth-order valence-electron chi connectivity index (χ4n) is 2.78. The molecule has 5 nitrogen and oxygen atoms in total. The number of hydrogen-bond acceptors (Lipinski definition) is 4. The molecule has 0 aliphatic heterocycles. The Labute approximate surface area is 169 Å². The van der Waals surface area contributed by atoms with Gasteiger partial charge in [0.25, 0.3) is 5.91 Å². The number of carbonyl (C=O) groups is 2. The molecule has 0 unspecified atom stereocenters. The molecule has 29 heavy (non-hydrogen) atoms. The topological polar surface area (TPSA) is 64.6 Å². The normalized spacial score (nSPS) is 10.9. The first-order valence-electron chi connectivity index (χ1n) is 9.01. The first-order chi connectivity index (χ1) is 14.1. The van der Waals surface area contributed by atoms with Gasteiger partial charge in [0.15, 0.2) is 5.78 Å². The van der Waals surface area contributed by atoms with Gasteiger partial charge in [0, 0.05) is 17.3 Å². The highest BCUT2D eigenvalue weighted by atomic mass is 16.5. The van der Waals surface area contributed by atoms with Gasteiger partial charge in [-0.2, -0.15) is 0 Å². The number of benzene rings is 3. The van der Waals surface area contributed by atoms with Crippen LogP contribution in [0.5, 0.6) is 11.5 Å². The van der Waals surface area contributed by atoms with Gasteiger partial charge in [0.05, 0.1) is 19.8 Å². The number of carbonyl (C=O) groups excluding carboxylic acids is 2. The number of methoxy groups -OCH3 is 2. The molecule has 0 heterocycles. The van der Waals surface area contributed by atoms with Crippen molar-refractivity contribution < 1.29 is 19.1 Å². The van der Waals surface area contributed by atoms with Crippen LogP contribution in [0.1, 0.15) is 15.9 Å². The third kappa shape index (κ3) is 5.11. The summed E-state index contributed by atoms with van der Waals surface area (Å²) in [4.78, 5) is 26.1. The fourth-order valence-corrected chi connectivity index (χ4v) is 2.78. The summed E-state index contributed by atoms with van der Waals surface area (Å²) in [6.45, 7) is 0. The number of rotatable bonds is 7. The van der Waals surface area contributed by atoms with Crippen LogP contribution >= 0.6 is 0 Å². The molecule has 3 aromatic rings. The van der Waals surface area contributed by atoms with Crippen LogP contribution < -0.4 is 14.8 Å². The van der Waals surface area contributed by atoms with Crippen LogP contribution in [0.2, 0.25) is 0 Å². The van der Waals surface area contributed by atoms with Gasteiger partial charge in [0.1, 0.15) is 11.5 Å². The van der Waals surface area contributed by atoms with Crippen LogP contribution in [-0.2, 0) is 4.79 Å². The van der Waals surface area contributed by atoms with Crippen molar-refractivity contribution in [3.63, 3.8) is 0 Å². The molecular weight excluding hydrogens is 366 g/mol. The Hall–Kier alpha value is -3.86. The lowest BCUT2D eigenvalue weighted by atomic mass is 10.00. The van der Waals surface area contributed by atoms with Gasteiger partial charge < -0.3 is 14.8 Å². The van der Waals surface area contributed by atoms with Gasteiger partial charge >= 0.3 is 0 Å². The molecule has 5 heteroatoms. The summed E-state index contributed by atoms with van der Waals surface area (Å²) in [6.07, 6.45) is 1.54. The van der Waals surface area contributed by atoms with Crippen LogP contribution in [0, 0.1) is 0 Å². The third-order valence-corrected chi connectivity index (χ3v) is 4.24. The molecule has 1 amide bonds. The summed E-state index contributed by atoms with van der Waals surface area (Å²) in [5.74, 6) is 0.254. The molecule has 3 aromatic carbocycles. The average Bonchev–Trinajstić information content (AvgIpc) is 2.77. The zero-order valence-electron chi connectivity index (χ0n) is 16.2. The van der Waals surface area contributed by atoms with Crippen LogP contribution in [0.3, 0.4) is 0 Å². The molecule has 0 bridgehead atoms. The molecule has 0 spiro atoms. The molecule has 1 N–H and O–H groups in total. The monoisotopic (exact) mass is 387 g/mol. The summed E-state index contributed by atoms with van der Waals surface area (Å²) in [5, 5.41) is 2.78. The zero-order valence-corrected chi connectivity index (χ0v) is 16.2. The second kappa shape index (κ2) is 9.37. The van der Waals surface area contributed by atoms with Crippen LogP contribution in [0.15, 0.2) is 84.4 Å². The Morgan fingerprint density at radius 1 is 0.793 bits per heavy atom. The maximum absolute atomic E-state index is 13.1. The molecule has 0 aliphatic rings. The molecule has 146 valence electrons. The molecule has 3 rings (SSSR count). The highest BCUT2D eigenvalue weighted by molar-refractivity contribution is 6.31. The summed E-state index contributed by atoms with van der Waals surface area (Å²) < 4.78 is 10.6. The lowest BCUT2D eigenvalue weighted by Gasteiger charge is -2.10. The quantitative estimate of drug-likeness (QED) is 0.278. The predicted molar refractivity (Wildman–Crippen MR) is 113 cm³/mol. The van der Waals surface area contributed by atoms with E-state index in [1.807, 2.05) is 24.3 Å². The van der Waals surface area contributed by atoms with Crippen molar-refractivity contribution in [2.45, 2.75) is 0 Å². The van der Waals surface area contributed by atoms with E-state index in [2.05, 4.69) is 5.32 Å². The fraction of sp³-hybridized carbons (Fsp3) is 0.0833. The lowest BCUT2D eigenvalue weighted by Crippen LogP contribution is -2.20. The van der Waals surface area contributed by atoms with E-state index in [1.54, 1.807) is 74.9 Å². The lowest BCUT2D eigenvalue weighted by molar-refractivity contribution is -0.112. The van der Waals surface area contributed by atoms with Crippen molar-refractivity contribution in [2.24, 2.45) is 0 Å². The summed E-state index contributed by atoms with van der Waals surface area (Å²) in [5.41, 5.74) is 1.66. The number of amides is 1. The summed E-state index contributed by atoms with van der Waals surface area (Å²) >= 11 is 0. The van der Waals surface area contributed by atoms with Gasteiger partial charge in [-0.15, -0.1) is 0 Å². The Morgan fingerprint density at radius 2 is 1.34 bits per heavy atom. The number of Topliss-reactive ketones (excluding diaryl/α,β-unsaturated/α-hetero) is 1. The summed E-state index contributed by atoms with van der Waals surface area (Å²) in [6, 6.07) is 22.9. The first-order valence-corrected chi connectivity index (χ1v) is 9.01. The highest BCUT2D eigenvalue weighted by Crippen LogP contribution is 2.25. The minimum atomic E-state index is -0.494. The van der Waals surface area contributed by atoms with Gasteiger partial charge in [-0.3, -0.25) is 9.59 Å². The predicted octanol–water partition coefficient (Wildman–Crippen LogP) is 4.61. The van der Waals surface area contributed by atoms with E-state index in [0.717, 1.165) is 0 Å². The standard InChI is InChI=1S/C24H21NO4/c1-28-20-13-17(14-21(16-20)29-2)15-22(23(26)18-9-5-3-6-10-18)24(27)25-19-11-7-4-8-12-19/h3-16H,1-2H3,(H,25,27)/b22-15+. The van der Waals surface area contributed by atoms with Crippen molar-refractivity contribution >= 4 is 23.5 Å². The number of nitrogens with one attached hydrogen (secondary N) is 1. The molecular formula is C24H21NO4. The molecule has 0 saturated heterocycles. The molecule has 0 fully saturated rings. The highest BCUT2D eigenvalue weighted by Gasteiger charge is 2.20. The van der Waals surface area contributed by atoms with Crippen LogP contribution in [-0.4, -0.2) is 25.9 Å². The van der Waals surface area contributed by atoms with Crippen molar-refractivity contribution in [1.82, 2.24) is 0 Å². The van der Waals surface area contributed by atoms with E-state index in [0.29, 0.717) is 28.3 Å². The van der Waals surface area contributed by atoms with Gasteiger partial charge in [-0.05, 0) is 35.9 Å². The van der Waals surface area contributed by atoms with E-state index in [1.165, 1.54) is 0 Å². The third-order valence-electron chi connectivity index (χ3n) is 4.24. The average molecular weight is 387 g/mol. The van der Waals surface area contributed by atoms with Crippen molar-refractivity contribution in [1.29, 1.82) is 0 Å². The molecule has 0 saturated carbocycles. The molecule has 0 aliphatic carbocycles. The SMILES string of the molecule is COc1cc(/C=C(/C(=O)Nc2ccccc2)C(=O)c2ccccc2)cc(OC)c1. The van der Waals surface area contributed by atoms with Gasteiger partial charge in [-0.1, -0.05) is 48.5 Å². The minimum Gasteiger partial charge on any atom is -0.497 e. The number of ether oxygens (including phenoxy) is 2. The maximum atomic E-state index is 13.1. The second-order valence-corrected chi connectivity index (χ2v) is 6.22. The van der Waals surface area contributed by atoms with Gasteiger partial charge in [-0.25, -0.2) is 0 Å². The number of anilines is 1. The number of hydrogen-bond donors (Lipinski definition) is 1. The number of para-hydroxylation sites is 1. The van der Waals surface area contributed by atoms with E-state index in [4.69, 9.17) is 9.47 Å². The minimum absolute atomic E-state index is 0.00959. The first kappa shape index (κ1) is 19.9. The van der Waals surface area contributed by atoms with E-state index >= 15 is 0 Å². The Bertz CT molecular complexity index is 1010. The second-order valence-electron chi connectivity index (χ2n) is 6.22. The molecule has 0 radical (unpaired) electrons. The summed E-state index contributed by atoms with van der Waals surface area (Å²) in [7, 11) is 3.08. The smallest absolute Gasteiger partial charge is 0.259 e. The van der Waals surface area contributed by atoms with Crippen LogP contribution in [0.25, 0.3) is 6.08 Å². The molecule has 0 aromatic heterocycles. The van der Waals surface area contributed by atoms with E-state index in [9.17, 15) is 9.59 Å². The van der Waals surface area contributed by atoms with Crippen molar-refractivity contribution in [3.8, 4) is 11.5 Å².